The molecule has 0 amide bonds. The number of nitrogens with zero attached hydrogens (tertiary/aromatic N) is 1. The van der Waals surface area contributed by atoms with Crippen LogP contribution in [0, 0.1) is 5.92 Å². The maximum Gasteiger partial charge on any atom is 0.192 e. The van der Waals surface area contributed by atoms with Crippen LogP contribution in [0.4, 0.5) is 0 Å². The minimum absolute atomic E-state index is 0.393. The highest BCUT2D eigenvalue weighted by molar-refractivity contribution is 5.80. The van der Waals surface area contributed by atoms with Gasteiger partial charge in [0.1, 0.15) is 12.3 Å². The van der Waals surface area contributed by atoms with Crippen molar-refractivity contribution in [2.45, 2.75) is 13.8 Å². The van der Waals surface area contributed by atoms with E-state index >= 15 is 0 Å². The zero-order valence-electron chi connectivity index (χ0n) is 5.85. The van der Waals surface area contributed by atoms with Crippen molar-refractivity contribution in [1.82, 2.24) is 0 Å². The molecule has 0 N–H and O–H groups in total. The largest absolute Gasteiger partial charge is 0.446 e. The van der Waals surface area contributed by atoms with E-state index in [0.717, 1.165) is 11.7 Å². The van der Waals surface area contributed by atoms with Gasteiger partial charge in [0.05, 0.1) is 0 Å². The molecule has 9 heavy (non-hydrogen) atoms. The summed E-state index contributed by atoms with van der Waals surface area (Å²) < 4.78 is 5.18. The molecule has 0 unspecified atom stereocenters. The molecular weight excluding hydrogens is 114 g/mol. The Kier molecular flexibility index (Phi) is 1.56. The first-order valence-electron chi connectivity index (χ1n) is 3.10. The van der Waals surface area contributed by atoms with E-state index in [4.69, 9.17) is 4.74 Å². The van der Waals surface area contributed by atoms with Gasteiger partial charge in [0, 0.05) is 5.92 Å². The second kappa shape index (κ2) is 2.21. The molecule has 0 saturated heterocycles. The minimum atomic E-state index is 0.393. The molecule has 0 aromatic rings. The first kappa shape index (κ1) is 6.33. The Hall–Kier alpha value is -0.790. The molecule has 0 spiro atoms. The predicted molar refractivity (Wildman–Crippen MR) is 37.4 cm³/mol. The van der Waals surface area contributed by atoms with Gasteiger partial charge in [-0.15, -0.1) is 0 Å². The van der Waals surface area contributed by atoms with Crippen molar-refractivity contribution in [3.63, 3.8) is 0 Å². The van der Waals surface area contributed by atoms with Crippen molar-refractivity contribution in [1.29, 1.82) is 0 Å². The van der Waals surface area contributed by atoms with Crippen molar-refractivity contribution in [2.75, 3.05) is 6.54 Å². The number of rotatable bonds is 1. The Morgan fingerprint density at radius 2 is 2.33 bits per heavy atom. The van der Waals surface area contributed by atoms with E-state index in [1.807, 2.05) is 0 Å². The Morgan fingerprint density at radius 1 is 1.67 bits per heavy atom. The van der Waals surface area contributed by atoms with Crippen LogP contribution in [0.15, 0.2) is 17.3 Å². The van der Waals surface area contributed by atoms with Gasteiger partial charge in [0.15, 0.2) is 5.90 Å². The lowest BCUT2D eigenvalue weighted by molar-refractivity contribution is 0.413. The molecule has 0 aromatic heterocycles. The van der Waals surface area contributed by atoms with Crippen LogP contribution < -0.4 is 0 Å². The summed E-state index contributed by atoms with van der Waals surface area (Å²) in [5.41, 5.74) is 0. The van der Waals surface area contributed by atoms with Gasteiger partial charge in [-0.2, -0.15) is 0 Å². The summed E-state index contributed by atoms with van der Waals surface area (Å²) in [6.45, 7) is 8.40. The van der Waals surface area contributed by atoms with Gasteiger partial charge >= 0.3 is 0 Å². The van der Waals surface area contributed by atoms with Crippen molar-refractivity contribution in [3.05, 3.63) is 12.3 Å². The van der Waals surface area contributed by atoms with Crippen LogP contribution in [0.25, 0.3) is 0 Å². The van der Waals surface area contributed by atoms with Crippen LogP contribution in [0.2, 0.25) is 0 Å². The van der Waals surface area contributed by atoms with E-state index in [-0.39, 0.29) is 0 Å². The van der Waals surface area contributed by atoms with Crippen molar-refractivity contribution >= 4 is 5.90 Å². The summed E-state index contributed by atoms with van der Waals surface area (Å²) in [4.78, 5) is 4.11. The summed E-state index contributed by atoms with van der Waals surface area (Å²) in [7, 11) is 0. The van der Waals surface area contributed by atoms with E-state index in [1.54, 1.807) is 0 Å². The third kappa shape index (κ3) is 1.31. The third-order valence-electron chi connectivity index (χ3n) is 1.15. The number of hydrogen-bond acceptors (Lipinski definition) is 2. The fourth-order valence-electron chi connectivity index (χ4n) is 0.679. The first-order valence-corrected chi connectivity index (χ1v) is 3.10. The van der Waals surface area contributed by atoms with Gasteiger partial charge in [-0.05, 0) is 0 Å². The van der Waals surface area contributed by atoms with Crippen LogP contribution in [0.5, 0.6) is 0 Å². The molecule has 1 aliphatic rings. The summed E-state index contributed by atoms with van der Waals surface area (Å²) in [5.74, 6) is 1.97. The number of hydrogen-bond donors (Lipinski definition) is 0. The van der Waals surface area contributed by atoms with E-state index in [1.165, 1.54) is 0 Å². The van der Waals surface area contributed by atoms with Crippen LogP contribution in [-0.4, -0.2) is 12.4 Å². The van der Waals surface area contributed by atoms with Gasteiger partial charge in [-0.1, -0.05) is 20.4 Å². The number of aliphatic imine (C=N–C) groups is 1. The molecule has 0 aliphatic carbocycles. The highest BCUT2D eigenvalue weighted by atomic mass is 16.5. The zero-order chi connectivity index (χ0) is 6.85. The summed E-state index contributed by atoms with van der Waals surface area (Å²) in [6, 6.07) is 0. The second-order valence-corrected chi connectivity index (χ2v) is 2.45. The van der Waals surface area contributed by atoms with Gasteiger partial charge in [-0.25, -0.2) is 4.99 Å². The topological polar surface area (TPSA) is 21.6 Å². The number of ether oxygens (including phenoxy) is 1. The molecule has 1 aliphatic heterocycles. The Labute approximate surface area is 55.2 Å². The highest BCUT2D eigenvalue weighted by Gasteiger charge is 2.13. The maximum absolute atomic E-state index is 5.18. The summed E-state index contributed by atoms with van der Waals surface area (Å²) in [6.07, 6.45) is 0. The quantitative estimate of drug-likeness (QED) is 0.521. The lowest BCUT2D eigenvalue weighted by atomic mass is 10.2. The third-order valence-corrected chi connectivity index (χ3v) is 1.15. The predicted octanol–water partition coefficient (Wildman–Crippen LogP) is 1.58. The average molecular weight is 125 g/mol. The molecule has 2 nitrogen and oxygen atoms in total. The molecule has 2 heteroatoms. The molecule has 1 heterocycles. The normalized spacial score (nSPS) is 18.1. The molecule has 0 aromatic carbocycles. The average Bonchev–Trinajstić information content (AvgIpc) is 2.14. The SMILES string of the molecule is C=C1CN=C(C(C)C)O1. The smallest absolute Gasteiger partial charge is 0.192 e. The van der Waals surface area contributed by atoms with Crippen LogP contribution in [0.1, 0.15) is 13.8 Å². The fraction of sp³-hybridized carbons (Fsp3) is 0.571. The molecule has 0 fully saturated rings. The van der Waals surface area contributed by atoms with Gasteiger partial charge in [0.2, 0.25) is 0 Å². The molecule has 1 rings (SSSR count). The van der Waals surface area contributed by atoms with E-state index in [0.29, 0.717) is 12.5 Å². The lowest BCUT2D eigenvalue weighted by Crippen LogP contribution is -2.05. The zero-order valence-corrected chi connectivity index (χ0v) is 5.85. The standard InChI is InChI=1S/C7H11NO/c1-5(2)7-8-4-6(3)9-7/h5H,3-4H2,1-2H3. The summed E-state index contributed by atoms with van der Waals surface area (Å²) >= 11 is 0. The molecule has 0 radical (unpaired) electrons. The monoisotopic (exact) mass is 125 g/mol. The highest BCUT2D eigenvalue weighted by Crippen LogP contribution is 2.11. The molecule has 50 valence electrons. The van der Waals surface area contributed by atoms with E-state index < -0.39 is 0 Å². The van der Waals surface area contributed by atoms with Crippen LogP contribution >= 0.6 is 0 Å². The molecular formula is C7H11NO. The van der Waals surface area contributed by atoms with Gasteiger partial charge in [-0.3, -0.25) is 0 Å². The molecule has 0 saturated carbocycles. The molecule has 0 atom stereocenters. The minimum Gasteiger partial charge on any atom is -0.446 e. The lowest BCUT2D eigenvalue weighted by Gasteiger charge is -2.02. The fourth-order valence-corrected chi connectivity index (χ4v) is 0.679. The van der Waals surface area contributed by atoms with E-state index in [2.05, 4.69) is 25.4 Å². The van der Waals surface area contributed by atoms with Gasteiger partial charge < -0.3 is 4.74 Å². The summed E-state index contributed by atoms with van der Waals surface area (Å²) in [5, 5.41) is 0. The maximum atomic E-state index is 5.18. The second-order valence-electron chi connectivity index (χ2n) is 2.45. The van der Waals surface area contributed by atoms with Crippen molar-refractivity contribution < 1.29 is 4.74 Å². The Balaban J connectivity index is 2.55. The van der Waals surface area contributed by atoms with Crippen LogP contribution in [-0.2, 0) is 4.74 Å². The van der Waals surface area contributed by atoms with Crippen molar-refractivity contribution in [2.24, 2.45) is 10.9 Å². The van der Waals surface area contributed by atoms with Gasteiger partial charge in [0.25, 0.3) is 0 Å². The first-order chi connectivity index (χ1) is 4.20. The van der Waals surface area contributed by atoms with Crippen molar-refractivity contribution in [3.8, 4) is 0 Å². The van der Waals surface area contributed by atoms with E-state index in [9.17, 15) is 0 Å². The molecule has 0 bridgehead atoms. The Morgan fingerprint density at radius 3 is 2.56 bits per heavy atom. The Bertz CT molecular complexity index is 158. The van der Waals surface area contributed by atoms with Crippen LogP contribution in [0.3, 0.4) is 0 Å².